The summed E-state index contributed by atoms with van der Waals surface area (Å²) in [6.45, 7) is 4.69. The molecule has 1 aromatic rings. The Hall–Kier alpha value is -1.82. The van der Waals surface area contributed by atoms with E-state index >= 15 is 0 Å². The maximum Gasteiger partial charge on any atom is 0.273 e. The van der Waals surface area contributed by atoms with Gasteiger partial charge in [0.05, 0.1) is 15.6 Å². The molecule has 21 heavy (non-hydrogen) atoms. The average molecular weight is 312 g/mol. The molecule has 1 aliphatic rings. The first kappa shape index (κ1) is 15.6. The van der Waals surface area contributed by atoms with Crippen LogP contribution in [-0.4, -0.2) is 30.0 Å². The van der Waals surface area contributed by atoms with Gasteiger partial charge in [0.2, 0.25) is 5.91 Å². The number of hydrogen-bond donors (Lipinski definition) is 1. The third kappa shape index (κ3) is 3.64. The lowest BCUT2D eigenvalue weighted by atomic mass is 10.0. The van der Waals surface area contributed by atoms with Crippen LogP contribution in [0, 0.1) is 17.0 Å². The molecule has 114 valence electrons. The number of halogens is 1. The lowest BCUT2D eigenvalue weighted by Crippen LogP contribution is -2.47. The smallest absolute Gasteiger partial charge is 0.273 e. The van der Waals surface area contributed by atoms with Crippen molar-refractivity contribution in [1.29, 1.82) is 0 Å². The molecule has 0 aromatic heterocycles. The second-order valence-electron chi connectivity index (χ2n) is 5.33. The number of benzene rings is 1. The quantitative estimate of drug-likeness (QED) is 0.688. The van der Waals surface area contributed by atoms with Crippen LogP contribution >= 0.6 is 11.6 Å². The summed E-state index contributed by atoms with van der Waals surface area (Å²) < 4.78 is 0. The molecule has 1 saturated heterocycles. The van der Waals surface area contributed by atoms with E-state index in [0.29, 0.717) is 17.1 Å². The maximum atomic E-state index is 11.2. The average Bonchev–Trinajstić information content (AvgIpc) is 2.40. The SMILES string of the molecule is CC(=O)N[C@H]1CCCN(c2cc(C)c([N+](=O)[O-])cc2Cl)C1. The predicted octanol–water partition coefficient (Wildman–Crippen LogP) is 2.66. The minimum atomic E-state index is -0.429. The van der Waals surface area contributed by atoms with E-state index < -0.39 is 4.92 Å². The molecule has 6 nitrogen and oxygen atoms in total. The van der Waals surface area contributed by atoms with Gasteiger partial charge in [0.15, 0.2) is 0 Å². The van der Waals surface area contributed by atoms with Gasteiger partial charge >= 0.3 is 0 Å². The summed E-state index contributed by atoms with van der Waals surface area (Å²) in [4.78, 5) is 23.7. The van der Waals surface area contributed by atoms with Gasteiger partial charge in [-0.3, -0.25) is 14.9 Å². The van der Waals surface area contributed by atoms with Gasteiger partial charge in [-0.15, -0.1) is 0 Å². The second kappa shape index (κ2) is 6.30. The van der Waals surface area contributed by atoms with Crippen molar-refractivity contribution in [3.05, 3.63) is 32.8 Å². The molecule has 1 aromatic carbocycles. The van der Waals surface area contributed by atoms with Crippen LogP contribution in [-0.2, 0) is 4.79 Å². The number of piperidine rings is 1. The Balaban J connectivity index is 2.23. The fraction of sp³-hybridized carbons (Fsp3) is 0.500. The number of carbonyl (C=O) groups is 1. The van der Waals surface area contributed by atoms with E-state index in [1.54, 1.807) is 13.0 Å². The third-order valence-corrected chi connectivity index (χ3v) is 3.93. The zero-order valence-corrected chi connectivity index (χ0v) is 12.8. The number of anilines is 1. The van der Waals surface area contributed by atoms with Gasteiger partial charge < -0.3 is 10.2 Å². The van der Waals surface area contributed by atoms with Crippen molar-refractivity contribution in [2.45, 2.75) is 32.7 Å². The van der Waals surface area contributed by atoms with Crippen molar-refractivity contribution in [2.24, 2.45) is 0 Å². The van der Waals surface area contributed by atoms with Crippen LogP contribution < -0.4 is 10.2 Å². The van der Waals surface area contributed by atoms with Gasteiger partial charge in [0, 0.05) is 37.7 Å². The Labute approximate surface area is 128 Å². The number of nitro groups is 1. The number of amides is 1. The third-order valence-electron chi connectivity index (χ3n) is 3.63. The van der Waals surface area contributed by atoms with Crippen molar-refractivity contribution in [2.75, 3.05) is 18.0 Å². The van der Waals surface area contributed by atoms with Gasteiger partial charge in [-0.05, 0) is 25.8 Å². The Kier molecular flexibility index (Phi) is 4.67. The lowest BCUT2D eigenvalue weighted by Gasteiger charge is -2.35. The highest BCUT2D eigenvalue weighted by Gasteiger charge is 2.24. The fourth-order valence-electron chi connectivity index (χ4n) is 2.70. The van der Waals surface area contributed by atoms with Gasteiger partial charge in [-0.2, -0.15) is 0 Å². The molecule has 1 atom stereocenters. The molecule has 1 N–H and O–H groups in total. The predicted molar refractivity (Wildman–Crippen MR) is 81.9 cm³/mol. The van der Waals surface area contributed by atoms with Crippen LogP contribution in [0.1, 0.15) is 25.3 Å². The maximum absolute atomic E-state index is 11.2. The Morgan fingerprint density at radius 1 is 1.52 bits per heavy atom. The molecule has 0 saturated carbocycles. The number of rotatable bonds is 3. The first-order valence-corrected chi connectivity index (χ1v) is 7.23. The van der Waals surface area contributed by atoms with Crippen LogP contribution in [0.5, 0.6) is 0 Å². The normalized spacial score (nSPS) is 18.4. The molecule has 1 fully saturated rings. The van der Waals surface area contributed by atoms with Crippen LogP contribution in [0.2, 0.25) is 5.02 Å². The van der Waals surface area contributed by atoms with E-state index in [9.17, 15) is 14.9 Å². The molecule has 0 unspecified atom stereocenters. The number of carbonyl (C=O) groups excluding carboxylic acids is 1. The van der Waals surface area contributed by atoms with E-state index in [1.807, 2.05) is 0 Å². The minimum Gasteiger partial charge on any atom is -0.368 e. The summed E-state index contributed by atoms with van der Waals surface area (Å²) >= 11 is 6.20. The summed E-state index contributed by atoms with van der Waals surface area (Å²) in [7, 11) is 0. The molecule has 0 aliphatic carbocycles. The Bertz CT molecular complexity index is 577. The lowest BCUT2D eigenvalue weighted by molar-refractivity contribution is -0.385. The molecule has 1 aliphatic heterocycles. The molecule has 7 heteroatoms. The molecule has 0 spiro atoms. The highest BCUT2D eigenvalue weighted by atomic mass is 35.5. The van der Waals surface area contributed by atoms with Crippen molar-refractivity contribution in [1.82, 2.24) is 5.32 Å². The summed E-state index contributed by atoms with van der Waals surface area (Å²) in [5, 5.41) is 14.2. The highest BCUT2D eigenvalue weighted by Crippen LogP contribution is 2.34. The molecular formula is C14H18ClN3O3. The van der Waals surface area contributed by atoms with Crippen LogP contribution in [0.25, 0.3) is 0 Å². The minimum absolute atomic E-state index is 0.0270. The summed E-state index contributed by atoms with van der Waals surface area (Å²) in [5.41, 5.74) is 1.40. The number of nitro benzene ring substituents is 1. The second-order valence-corrected chi connectivity index (χ2v) is 5.74. The highest BCUT2D eigenvalue weighted by molar-refractivity contribution is 6.33. The molecule has 2 rings (SSSR count). The number of aryl methyl sites for hydroxylation is 1. The van der Waals surface area contributed by atoms with Crippen LogP contribution in [0.4, 0.5) is 11.4 Å². The van der Waals surface area contributed by atoms with Crippen molar-refractivity contribution in [3.8, 4) is 0 Å². The van der Waals surface area contributed by atoms with Gasteiger partial charge in [-0.25, -0.2) is 0 Å². The molecule has 1 heterocycles. The van der Waals surface area contributed by atoms with Crippen LogP contribution in [0.15, 0.2) is 12.1 Å². The van der Waals surface area contributed by atoms with E-state index in [-0.39, 0.29) is 17.6 Å². The number of hydrogen-bond acceptors (Lipinski definition) is 4. The van der Waals surface area contributed by atoms with Crippen LogP contribution in [0.3, 0.4) is 0 Å². The molecule has 1 amide bonds. The van der Waals surface area contributed by atoms with E-state index in [4.69, 9.17) is 11.6 Å². The zero-order valence-electron chi connectivity index (χ0n) is 12.1. The molecule has 0 bridgehead atoms. The molecule has 0 radical (unpaired) electrons. The zero-order chi connectivity index (χ0) is 15.6. The summed E-state index contributed by atoms with van der Waals surface area (Å²) in [5.74, 6) is -0.0483. The topological polar surface area (TPSA) is 75.5 Å². The first-order valence-electron chi connectivity index (χ1n) is 6.85. The fourth-order valence-corrected chi connectivity index (χ4v) is 2.97. The van der Waals surface area contributed by atoms with Crippen molar-refractivity contribution in [3.63, 3.8) is 0 Å². The number of nitrogens with one attached hydrogen (secondary N) is 1. The largest absolute Gasteiger partial charge is 0.368 e. The first-order chi connectivity index (χ1) is 9.88. The number of nitrogens with zero attached hydrogens (tertiary/aromatic N) is 2. The Morgan fingerprint density at radius 3 is 2.86 bits per heavy atom. The molecular weight excluding hydrogens is 294 g/mol. The monoisotopic (exact) mass is 311 g/mol. The van der Waals surface area contributed by atoms with E-state index in [1.165, 1.54) is 13.0 Å². The van der Waals surface area contributed by atoms with Crippen molar-refractivity contribution < 1.29 is 9.72 Å². The Morgan fingerprint density at radius 2 is 2.24 bits per heavy atom. The van der Waals surface area contributed by atoms with Gasteiger partial charge in [-0.1, -0.05) is 11.6 Å². The van der Waals surface area contributed by atoms with Gasteiger partial charge in [0.1, 0.15) is 0 Å². The van der Waals surface area contributed by atoms with E-state index in [0.717, 1.165) is 25.1 Å². The van der Waals surface area contributed by atoms with Crippen molar-refractivity contribution >= 4 is 28.9 Å². The summed E-state index contributed by atoms with van der Waals surface area (Å²) in [6.07, 6.45) is 1.87. The van der Waals surface area contributed by atoms with E-state index in [2.05, 4.69) is 10.2 Å². The summed E-state index contributed by atoms with van der Waals surface area (Å²) in [6, 6.07) is 3.23. The standard InChI is InChI=1S/C14H18ClN3O3/c1-9-6-14(12(15)7-13(9)18(20)21)17-5-3-4-11(8-17)16-10(2)19/h6-7,11H,3-5,8H2,1-2H3,(H,16,19)/t11-/m0/s1. The van der Waals surface area contributed by atoms with Gasteiger partial charge in [0.25, 0.3) is 5.69 Å².